The van der Waals surface area contributed by atoms with Crippen LogP contribution in [0.3, 0.4) is 0 Å². The predicted octanol–water partition coefficient (Wildman–Crippen LogP) is 4.93. The van der Waals surface area contributed by atoms with Gasteiger partial charge in [0.1, 0.15) is 6.26 Å². The van der Waals surface area contributed by atoms with Crippen LogP contribution >= 0.6 is 46.9 Å². The minimum Gasteiger partial charge on any atom is -0.443 e. The molecule has 0 unspecified atom stereocenters. The largest absolute Gasteiger partial charge is 0.443 e. The van der Waals surface area contributed by atoms with Crippen molar-refractivity contribution in [3.05, 3.63) is 64.3 Å². The molecule has 3 rings (SSSR count). The summed E-state index contributed by atoms with van der Waals surface area (Å²) in [5.74, 6) is 1.37. The second-order valence-electron chi connectivity index (χ2n) is 5.30. The molecule has 26 heavy (non-hydrogen) atoms. The topological polar surface area (TPSA) is 62.5 Å². The van der Waals surface area contributed by atoms with Gasteiger partial charge in [0.05, 0.1) is 23.7 Å². The highest BCUT2D eigenvalue weighted by Crippen LogP contribution is 2.23. The number of aromatic nitrogens is 1. The summed E-state index contributed by atoms with van der Waals surface area (Å²) in [6.45, 7) is 3.90. The first-order valence-corrected chi connectivity index (χ1v) is 9.25. The summed E-state index contributed by atoms with van der Waals surface area (Å²) in [6, 6.07) is 11.7. The Labute approximate surface area is 178 Å². The van der Waals surface area contributed by atoms with E-state index < -0.39 is 0 Å². The van der Waals surface area contributed by atoms with E-state index in [1.807, 2.05) is 48.7 Å². The molecule has 0 fully saturated rings. The first-order chi connectivity index (χ1) is 12.2. The number of hydrogen-bond donors (Lipinski definition) is 2. The molecule has 5 nitrogen and oxygen atoms in total. The van der Waals surface area contributed by atoms with Crippen LogP contribution in [-0.4, -0.2) is 17.5 Å². The Hall–Kier alpha value is -1.58. The van der Waals surface area contributed by atoms with Gasteiger partial charge in [0.25, 0.3) is 0 Å². The molecular formula is C18H20ClIN4OS. The fraction of sp³-hybridized carbons (Fsp3) is 0.222. The Morgan fingerprint density at radius 3 is 2.88 bits per heavy atom. The summed E-state index contributed by atoms with van der Waals surface area (Å²) in [6.07, 6.45) is 1.67. The van der Waals surface area contributed by atoms with E-state index in [2.05, 4.69) is 20.6 Å². The summed E-state index contributed by atoms with van der Waals surface area (Å²) in [5, 5.41) is 9.21. The van der Waals surface area contributed by atoms with Gasteiger partial charge in [-0.05, 0) is 36.1 Å². The van der Waals surface area contributed by atoms with E-state index in [4.69, 9.17) is 16.0 Å². The van der Waals surface area contributed by atoms with Crippen LogP contribution in [0.15, 0.2) is 57.5 Å². The summed E-state index contributed by atoms with van der Waals surface area (Å²) in [4.78, 5) is 10.1. The molecule has 0 aliphatic rings. The van der Waals surface area contributed by atoms with E-state index in [0.717, 1.165) is 33.7 Å². The highest BCUT2D eigenvalue weighted by Gasteiger charge is 2.08. The minimum absolute atomic E-state index is 0. The van der Waals surface area contributed by atoms with Crippen LogP contribution in [0.4, 0.5) is 0 Å². The van der Waals surface area contributed by atoms with Gasteiger partial charge in [-0.15, -0.1) is 35.3 Å². The summed E-state index contributed by atoms with van der Waals surface area (Å²) < 4.78 is 5.53. The maximum Gasteiger partial charge on any atom is 0.236 e. The fourth-order valence-electron chi connectivity index (χ4n) is 2.22. The van der Waals surface area contributed by atoms with E-state index in [1.165, 1.54) is 0 Å². The monoisotopic (exact) mass is 502 g/mol. The number of nitrogens with zero attached hydrogens (tertiary/aromatic N) is 2. The van der Waals surface area contributed by atoms with Gasteiger partial charge in [-0.3, -0.25) is 0 Å². The highest BCUT2D eigenvalue weighted by molar-refractivity contribution is 14.0. The molecule has 0 spiro atoms. The van der Waals surface area contributed by atoms with E-state index in [-0.39, 0.29) is 24.0 Å². The molecule has 8 heteroatoms. The molecule has 2 N–H and O–H groups in total. The molecule has 0 aliphatic heterocycles. The number of guanidine groups is 1. The van der Waals surface area contributed by atoms with Crippen LogP contribution in [0.5, 0.6) is 0 Å². The molecule has 0 saturated heterocycles. The number of oxazole rings is 1. The van der Waals surface area contributed by atoms with Crippen LogP contribution < -0.4 is 10.6 Å². The van der Waals surface area contributed by atoms with Gasteiger partial charge in [0.15, 0.2) is 5.96 Å². The standard InChI is InChI=1S/C18H19ClN4OS.HI/c1-2-20-18(21-10-13-5-3-6-14(19)9-13)22-11-15-12-24-17(23-15)16-7-4-8-25-16;/h3-9,12H,2,10-11H2,1H3,(H2,20,21,22);1H. The second kappa shape index (κ2) is 10.5. The third-order valence-corrected chi connectivity index (χ3v) is 4.47. The molecule has 3 aromatic rings. The van der Waals surface area contributed by atoms with Gasteiger partial charge in [-0.2, -0.15) is 0 Å². The maximum absolute atomic E-state index is 6.01. The molecule has 2 heterocycles. The first kappa shape index (κ1) is 20.7. The third-order valence-electron chi connectivity index (χ3n) is 3.37. The Kier molecular flexibility index (Phi) is 8.40. The van der Waals surface area contributed by atoms with Crippen molar-refractivity contribution in [1.82, 2.24) is 15.6 Å². The Morgan fingerprint density at radius 2 is 2.15 bits per heavy atom. The molecular weight excluding hydrogens is 483 g/mol. The zero-order valence-electron chi connectivity index (χ0n) is 14.2. The van der Waals surface area contributed by atoms with Gasteiger partial charge in [-0.25, -0.2) is 9.98 Å². The SMILES string of the molecule is CCNC(=NCc1cccc(Cl)c1)NCc1coc(-c2cccs2)n1.I. The van der Waals surface area contributed by atoms with Crippen LogP contribution in [0.1, 0.15) is 18.2 Å². The van der Waals surface area contributed by atoms with Gasteiger partial charge in [-0.1, -0.05) is 29.8 Å². The first-order valence-electron chi connectivity index (χ1n) is 7.99. The Balaban J connectivity index is 0.00000243. The van der Waals surface area contributed by atoms with E-state index >= 15 is 0 Å². The lowest BCUT2D eigenvalue weighted by molar-refractivity contribution is 0.573. The smallest absolute Gasteiger partial charge is 0.236 e. The molecule has 138 valence electrons. The molecule has 0 saturated carbocycles. The second-order valence-corrected chi connectivity index (χ2v) is 6.68. The fourth-order valence-corrected chi connectivity index (χ4v) is 3.09. The number of hydrogen-bond acceptors (Lipinski definition) is 4. The number of thiophene rings is 1. The van der Waals surface area contributed by atoms with Crippen molar-refractivity contribution in [2.24, 2.45) is 4.99 Å². The van der Waals surface area contributed by atoms with Crippen molar-refractivity contribution in [3.63, 3.8) is 0 Å². The van der Waals surface area contributed by atoms with Crippen molar-refractivity contribution in [2.45, 2.75) is 20.0 Å². The zero-order chi connectivity index (χ0) is 17.5. The van der Waals surface area contributed by atoms with Gasteiger partial charge >= 0.3 is 0 Å². The van der Waals surface area contributed by atoms with Gasteiger partial charge < -0.3 is 15.1 Å². The quantitative estimate of drug-likeness (QED) is 0.285. The molecule has 0 aliphatic carbocycles. The number of nitrogens with one attached hydrogen (secondary N) is 2. The van der Waals surface area contributed by atoms with Crippen LogP contribution in [0.25, 0.3) is 10.8 Å². The van der Waals surface area contributed by atoms with Crippen LogP contribution in [0, 0.1) is 0 Å². The molecule has 0 bridgehead atoms. The highest BCUT2D eigenvalue weighted by atomic mass is 127. The summed E-state index contributed by atoms with van der Waals surface area (Å²) in [5.41, 5.74) is 1.89. The van der Waals surface area contributed by atoms with Gasteiger partial charge in [0, 0.05) is 11.6 Å². The van der Waals surface area contributed by atoms with E-state index in [0.29, 0.717) is 19.0 Å². The summed E-state index contributed by atoms with van der Waals surface area (Å²) in [7, 11) is 0. The average Bonchev–Trinajstić information content (AvgIpc) is 3.28. The van der Waals surface area contributed by atoms with Crippen LogP contribution in [-0.2, 0) is 13.1 Å². The number of benzene rings is 1. The molecule has 1 aromatic carbocycles. The normalized spacial score (nSPS) is 11.1. The number of aliphatic imine (C=N–C) groups is 1. The number of halogens is 2. The molecule has 0 amide bonds. The van der Waals surface area contributed by atoms with E-state index in [1.54, 1.807) is 17.6 Å². The summed E-state index contributed by atoms with van der Waals surface area (Å²) >= 11 is 7.61. The Morgan fingerprint density at radius 1 is 1.27 bits per heavy atom. The van der Waals surface area contributed by atoms with Crippen molar-refractivity contribution >= 4 is 52.9 Å². The molecule has 0 radical (unpaired) electrons. The van der Waals surface area contributed by atoms with Crippen molar-refractivity contribution in [3.8, 4) is 10.8 Å². The molecule has 0 atom stereocenters. The average molecular weight is 503 g/mol. The van der Waals surface area contributed by atoms with Gasteiger partial charge in [0.2, 0.25) is 5.89 Å². The minimum atomic E-state index is 0. The number of rotatable bonds is 6. The van der Waals surface area contributed by atoms with Crippen molar-refractivity contribution in [2.75, 3.05) is 6.54 Å². The lowest BCUT2D eigenvalue weighted by Gasteiger charge is -2.10. The lowest BCUT2D eigenvalue weighted by atomic mass is 10.2. The maximum atomic E-state index is 6.01. The van der Waals surface area contributed by atoms with Crippen LogP contribution in [0.2, 0.25) is 5.02 Å². The molecule has 2 aromatic heterocycles. The predicted molar refractivity (Wildman–Crippen MR) is 118 cm³/mol. The zero-order valence-corrected chi connectivity index (χ0v) is 18.1. The van der Waals surface area contributed by atoms with Crippen molar-refractivity contribution in [1.29, 1.82) is 0 Å². The third kappa shape index (κ3) is 6.00. The van der Waals surface area contributed by atoms with E-state index in [9.17, 15) is 0 Å². The lowest BCUT2D eigenvalue weighted by Crippen LogP contribution is -2.36. The Bertz CT molecular complexity index is 835. The van der Waals surface area contributed by atoms with Crippen molar-refractivity contribution < 1.29 is 4.42 Å².